The lowest BCUT2D eigenvalue weighted by Gasteiger charge is -2.32. The van der Waals surface area contributed by atoms with E-state index in [2.05, 4.69) is 5.32 Å². The van der Waals surface area contributed by atoms with E-state index in [-0.39, 0.29) is 24.5 Å². The number of aryl methyl sites for hydroxylation is 1. The number of hydrogen-bond donors (Lipinski definition) is 1. The van der Waals surface area contributed by atoms with E-state index in [9.17, 15) is 9.59 Å². The highest BCUT2D eigenvalue weighted by molar-refractivity contribution is 5.95. The molecule has 2 amide bonds. The van der Waals surface area contributed by atoms with Crippen LogP contribution in [0.3, 0.4) is 0 Å². The molecule has 1 aliphatic heterocycles. The van der Waals surface area contributed by atoms with E-state index in [4.69, 9.17) is 18.9 Å². The van der Waals surface area contributed by atoms with Gasteiger partial charge in [0, 0.05) is 24.7 Å². The van der Waals surface area contributed by atoms with E-state index in [1.807, 2.05) is 31.2 Å². The maximum atomic E-state index is 12.8. The molecular weight excluding hydrogens is 412 g/mol. The van der Waals surface area contributed by atoms with Crippen LogP contribution in [0.2, 0.25) is 0 Å². The summed E-state index contributed by atoms with van der Waals surface area (Å²) in [6.45, 7) is 3.14. The number of carbonyl (C=O) groups is 2. The van der Waals surface area contributed by atoms with E-state index in [1.165, 1.54) is 21.3 Å². The number of carbonyl (C=O) groups excluding carboxylic acids is 2. The Bertz CT molecular complexity index is 911. The monoisotopic (exact) mass is 442 g/mol. The smallest absolute Gasteiger partial charge is 0.260 e. The third-order valence-corrected chi connectivity index (χ3v) is 5.49. The van der Waals surface area contributed by atoms with Crippen molar-refractivity contribution in [2.24, 2.45) is 0 Å². The molecule has 3 rings (SSSR count). The van der Waals surface area contributed by atoms with Crippen molar-refractivity contribution in [2.45, 2.75) is 25.8 Å². The molecule has 0 atom stereocenters. The molecule has 0 unspecified atom stereocenters. The van der Waals surface area contributed by atoms with Gasteiger partial charge >= 0.3 is 0 Å². The maximum Gasteiger partial charge on any atom is 0.260 e. The van der Waals surface area contributed by atoms with Gasteiger partial charge in [-0.15, -0.1) is 0 Å². The Morgan fingerprint density at radius 3 is 2.09 bits per heavy atom. The van der Waals surface area contributed by atoms with Crippen LogP contribution in [0.15, 0.2) is 36.4 Å². The predicted octanol–water partition coefficient (Wildman–Crippen LogP) is 2.82. The van der Waals surface area contributed by atoms with Crippen LogP contribution >= 0.6 is 0 Å². The number of nitrogens with one attached hydrogen (secondary N) is 1. The SMILES string of the molecule is COc1cc(C(=O)NC2CCN(C(=O)COc3ccc(C)cc3)CC2)cc(OC)c1OC. The van der Waals surface area contributed by atoms with Gasteiger partial charge in [-0.3, -0.25) is 9.59 Å². The number of benzene rings is 2. The summed E-state index contributed by atoms with van der Waals surface area (Å²) < 4.78 is 21.5. The van der Waals surface area contributed by atoms with Crippen molar-refractivity contribution in [3.63, 3.8) is 0 Å². The zero-order valence-corrected chi connectivity index (χ0v) is 19.0. The number of ether oxygens (including phenoxy) is 4. The van der Waals surface area contributed by atoms with Crippen LogP contribution in [0.4, 0.5) is 0 Å². The van der Waals surface area contributed by atoms with Gasteiger partial charge in [0.05, 0.1) is 21.3 Å². The second kappa shape index (κ2) is 10.7. The van der Waals surface area contributed by atoms with Crippen molar-refractivity contribution in [1.82, 2.24) is 10.2 Å². The normalized spacial score (nSPS) is 13.9. The van der Waals surface area contributed by atoms with Gasteiger partial charge in [-0.1, -0.05) is 17.7 Å². The Hall–Kier alpha value is -3.42. The van der Waals surface area contributed by atoms with E-state index in [1.54, 1.807) is 17.0 Å². The first-order chi connectivity index (χ1) is 15.4. The highest BCUT2D eigenvalue weighted by Crippen LogP contribution is 2.38. The molecule has 0 aliphatic carbocycles. The molecule has 2 aromatic carbocycles. The van der Waals surface area contributed by atoms with Crippen molar-refractivity contribution in [1.29, 1.82) is 0 Å². The summed E-state index contributed by atoms with van der Waals surface area (Å²) in [7, 11) is 4.53. The van der Waals surface area contributed by atoms with Crippen molar-refractivity contribution in [3.05, 3.63) is 47.5 Å². The number of amides is 2. The Morgan fingerprint density at radius 1 is 0.969 bits per heavy atom. The van der Waals surface area contributed by atoms with Crippen LogP contribution in [0.25, 0.3) is 0 Å². The fourth-order valence-corrected chi connectivity index (χ4v) is 3.62. The second-order valence-electron chi connectivity index (χ2n) is 7.64. The van der Waals surface area contributed by atoms with Crippen molar-refractivity contribution >= 4 is 11.8 Å². The van der Waals surface area contributed by atoms with Crippen LogP contribution in [0.5, 0.6) is 23.0 Å². The Labute approximate surface area is 188 Å². The van der Waals surface area contributed by atoms with E-state index in [0.717, 1.165) is 5.56 Å². The van der Waals surface area contributed by atoms with Crippen LogP contribution in [0, 0.1) is 6.92 Å². The number of methoxy groups -OCH3 is 3. The van der Waals surface area contributed by atoms with Gasteiger partial charge in [0.1, 0.15) is 5.75 Å². The summed E-state index contributed by atoms with van der Waals surface area (Å²) in [6, 6.07) is 10.8. The average Bonchev–Trinajstić information content (AvgIpc) is 2.82. The molecule has 0 saturated carbocycles. The zero-order chi connectivity index (χ0) is 23.1. The lowest BCUT2D eigenvalue weighted by molar-refractivity contribution is -0.134. The molecule has 0 bridgehead atoms. The van der Waals surface area contributed by atoms with Gasteiger partial charge in [-0.2, -0.15) is 0 Å². The van der Waals surface area contributed by atoms with Crippen LogP contribution in [-0.2, 0) is 4.79 Å². The molecule has 8 heteroatoms. The second-order valence-corrected chi connectivity index (χ2v) is 7.64. The molecule has 0 aromatic heterocycles. The molecule has 8 nitrogen and oxygen atoms in total. The van der Waals surface area contributed by atoms with Gasteiger partial charge in [0.15, 0.2) is 18.1 Å². The first kappa shape index (κ1) is 23.2. The molecule has 1 heterocycles. The van der Waals surface area contributed by atoms with E-state index in [0.29, 0.717) is 54.5 Å². The van der Waals surface area contributed by atoms with Gasteiger partial charge in [-0.05, 0) is 44.0 Å². The summed E-state index contributed by atoms with van der Waals surface area (Å²) >= 11 is 0. The number of nitrogens with zero attached hydrogens (tertiary/aromatic N) is 1. The number of hydrogen-bond acceptors (Lipinski definition) is 6. The summed E-state index contributed by atoms with van der Waals surface area (Å²) in [5.74, 6) is 1.68. The molecule has 32 heavy (non-hydrogen) atoms. The van der Waals surface area contributed by atoms with Crippen LogP contribution in [-0.4, -0.2) is 63.8 Å². The number of rotatable bonds is 8. The standard InChI is InChI=1S/C24H30N2O6/c1-16-5-7-19(8-6-16)32-15-22(27)26-11-9-18(10-12-26)25-24(28)17-13-20(29-2)23(31-4)21(14-17)30-3/h5-8,13-14,18H,9-12,15H2,1-4H3,(H,25,28). The maximum absolute atomic E-state index is 12.8. The minimum atomic E-state index is -0.225. The number of likely N-dealkylation sites (tertiary alicyclic amines) is 1. The summed E-state index contributed by atoms with van der Waals surface area (Å²) in [4.78, 5) is 27.0. The Morgan fingerprint density at radius 2 is 1.56 bits per heavy atom. The molecule has 2 aromatic rings. The van der Waals surface area contributed by atoms with E-state index < -0.39 is 0 Å². The molecule has 172 valence electrons. The minimum absolute atomic E-state index is 0.00548. The quantitative estimate of drug-likeness (QED) is 0.677. The summed E-state index contributed by atoms with van der Waals surface area (Å²) in [5, 5.41) is 3.04. The zero-order valence-electron chi connectivity index (χ0n) is 19.0. The molecule has 1 N–H and O–H groups in total. The topological polar surface area (TPSA) is 86.3 Å². The fraction of sp³-hybridized carbons (Fsp3) is 0.417. The average molecular weight is 443 g/mol. The van der Waals surface area contributed by atoms with Gasteiger partial charge in [-0.25, -0.2) is 0 Å². The van der Waals surface area contributed by atoms with Gasteiger partial charge in [0.25, 0.3) is 11.8 Å². The fourth-order valence-electron chi connectivity index (χ4n) is 3.62. The number of piperidine rings is 1. The third kappa shape index (κ3) is 5.63. The first-order valence-corrected chi connectivity index (χ1v) is 10.5. The minimum Gasteiger partial charge on any atom is -0.493 e. The van der Waals surface area contributed by atoms with Crippen LogP contribution in [0.1, 0.15) is 28.8 Å². The van der Waals surface area contributed by atoms with Gasteiger partial charge < -0.3 is 29.2 Å². The lowest BCUT2D eigenvalue weighted by Crippen LogP contribution is -2.47. The summed E-state index contributed by atoms with van der Waals surface area (Å²) in [6.07, 6.45) is 1.35. The summed E-state index contributed by atoms with van der Waals surface area (Å²) in [5.41, 5.74) is 1.56. The van der Waals surface area contributed by atoms with Crippen molar-refractivity contribution < 1.29 is 28.5 Å². The van der Waals surface area contributed by atoms with Gasteiger partial charge in [0.2, 0.25) is 5.75 Å². The molecule has 0 radical (unpaired) electrons. The Balaban J connectivity index is 1.51. The molecule has 1 saturated heterocycles. The Kier molecular flexibility index (Phi) is 7.81. The first-order valence-electron chi connectivity index (χ1n) is 10.5. The molecular formula is C24H30N2O6. The van der Waals surface area contributed by atoms with Crippen LogP contribution < -0.4 is 24.3 Å². The molecule has 1 aliphatic rings. The van der Waals surface area contributed by atoms with Crippen molar-refractivity contribution in [2.75, 3.05) is 41.0 Å². The lowest BCUT2D eigenvalue weighted by atomic mass is 10.0. The highest BCUT2D eigenvalue weighted by Gasteiger charge is 2.25. The predicted molar refractivity (Wildman–Crippen MR) is 120 cm³/mol. The third-order valence-electron chi connectivity index (χ3n) is 5.49. The largest absolute Gasteiger partial charge is 0.493 e. The van der Waals surface area contributed by atoms with Crippen molar-refractivity contribution in [3.8, 4) is 23.0 Å². The molecule has 1 fully saturated rings. The molecule has 0 spiro atoms. The highest BCUT2D eigenvalue weighted by atomic mass is 16.5. The van der Waals surface area contributed by atoms with E-state index >= 15 is 0 Å².